The van der Waals surface area contributed by atoms with E-state index in [2.05, 4.69) is 0 Å². The van der Waals surface area contributed by atoms with Crippen LogP contribution in [0, 0.1) is 0 Å². The Kier molecular flexibility index (Phi) is 9.43. The van der Waals surface area contributed by atoms with E-state index in [0.29, 0.717) is 31.8 Å². The first kappa shape index (κ1) is 25.4. The number of hydrogen-bond acceptors (Lipinski definition) is 6. The number of carbonyl (C=O) groups excluding carboxylic acids is 1. The maximum atomic E-state index is 13.1. The van der Waals surface area contributed by atoms with Gasteiger partial charge in [0, 0.05) is 32.6 Å². The molecule has 182 valence electrons. The molecule has 0 bridgehead atoms. The number of amides is 1. The summed E-state index contributed by atoms with van der Waals surface area (Å²) in [6, 6.07) is 15.6. The Labute approximate surface area is 198 Å². The number of carbonyl (C=O) groups is 1. The lowest BCUT2D eigenvalue weighted by Gasteiger charge is -2.36. The van der Waals surface area contributed by atoms with Crippen molar-refractivity contribution in [3.63, 3.8) is 0 Å². The van der Waals surface area contributed by atoms with Crippen LogP contribution in [0.25, 0.3) is 0 Å². The van der Waals surface area contributed by atoms with Gasteiger partial charge >= 0.3 is 0 Å². The first-order chi connectivity index (χ1) is 15.9. The largest absolute Gasteiger partial charge is 0.497 e. The molecule has 1 aliphatic rings. The summed E-state index contributed by atoms with van der Waals surface area (Å²) in [6.45, 7) is 2.49. The molecule has 0 aromatic heterocycles. The highest BCUT2D eigenvalue weighted by Crippen LogP contribution is 2.48. The molecule has 1 saturated heterocycles. The van der Waals surface area contributed by atoms with E-state index >= 15 is 0 Å². The zero-order valence-electron chi connectivity index (χ0n) is 19.6. The molecule has 7 nitrogen and oxygen atoms in total. The third-order valence-electron chi connectivity index (χ3n) is 5.96. The zero-order chi connectivity index (χ0) is 23.7. The minimum absolute atomic E-state index is 0.118. The van der Waals surface area contributed by atoms with Crippen LogP contribution in [0.2, 0.25) is 0 Å². The van der Waals surface area contributed by atoms with Gasteiger partial charge in [0.25, 0.3) is 0 Å². The number of methoxy groups -OCH3 is 2. The van der Waals surface area contributed by atoms with Crippen LogP contribution in [0.1, 0.15) is 43.2 Å². The van der Waals surface area contributed by atoms with Crippen molar-refractivity contribution in [1.29, 1.82) is 0 Å². The topological polar surface area (TPSA) is 82.5 Å². The molecule has 1 aliphatic heterocycles. The van der Waals surface area contributed by atoms with E-state index in [1.54, 1.807) is 18.5 Å². The van der Waals surface area contributed by atoms with Crippen molar-refractivity contribution < 1.29 is 23.4 Å². The second-order valence-electron chi connectivity index (χ2n) is 8.38. The molecule has 2 aromatic rings. The van der Waals surface area contributed by atoms with E-state index < -0.39 is 10.8 Å². The van der Waals surface area contributed by atoms with Gasteiger partial charge in [0.1, 0.15) is 11.5 Å². The van der Waals surface area contributed by atoms with Gasteiger partial charge in [-0.25, -0.2) is 4.31 Å². The molecule has 8 heteroatoms. The van der Waals surface area contributed by atoms with E-state index in [-0.39, 0.29) is 5.91 Å². The zero-order valence-corrected chi connectivity index (χ0v) is 20.4. The van der Waals surface area contributed by atoms with Crippen molar-refractivity contribution in [2.24, 2.45) is 0 Å². The Morgan fingerprint density at radius 1 is 0.909 bits per heavy atom. The van der Waals surface area contributed by atoms with E-state index in [4.69, 9.17) is 9.47 Å². The second-order valence-corrected chi connectivity index (χ2v) is 10.6. The molecule has 0 unspecified atom stereocenters. The number of ether oxygens (including phenoxy) is 2. The van der Waals surface area contributed by atoms with Gasteiger partial charge in [-0.05, 0) is 54.7 Å². The average Bonchev–Trinajstić information content (AvgIpc) is 3.17. The summed E-state index contributed by atoms with van der Waals surface area (Å²) < 4.78 is 32.3. The van der Waals surface area contributed by atoms with Gasteiger partial charge in [0.2, 0.25) is 5.91 Å². The van der Waals surface area contributed by atoms with Crippen molar-refractivity contribution in [3.8, 4) is 11.5 Å². The maximum absolute atomic E-state index is 13.1. The molecule has 3 rings (SSSR count). The third kappa shape index (κ3) is 7.64. The lowest BCUT2D eigenvalue weighted by Crippen LogP contribution is -2.30. The smallest absolute Gasteiger partial charge is 0.223 e. The van der Waals surface area contributed by atoms with E-state index in [9.17, 15) is 13.9 Å². The highest BCUT2D eigenvalue weighted by atomic mass is 32.3. The Balaban J connectivity index is 1.54. The summed E-state index contributed by atoms with van der Waals surface area (Å²) in [6.07, 6.45) is 3.85. The first-order valence-corrected chi connectivity index (χ1v) is 13.1. The van der Waals surface area contributed by atoms with Crippen molar-refractivity contribution >= 4 is 16.7 Å². The minimum Gasteiger partial charge on any atom is -0.497 e. The van der Waals surface area contributed by atoms with E-state index in [1.165, 1.54) is 0 Å². The monoisotopic (exact) mass is 476 g/mol. The van der Waals surface area contributed by atoms with Crippen molar-refractivity contribution in [1.82, 2.24) is 9.21 Å². The van der Waals surface area contributed by atoms with Gasteiger partial charge in [0.15, 0.2) is 0 Å². The Hall–Kier alpha value is -2.26. The summed E-state index contributed by atoms with van der Waals surface area (Å²) in [5.74, 6) is 2.19. The lowest BCUT2D eigenvalue weighted by atomic mass is 10.1. The highest BCUT2D eigenvalue weighted by molar-refractivity contribution is 8.22. The first-order valence-electron chi connectivity index (χ1n) is 11.5. The number of unbranched alkanes of at least 4 members (excludes halogenated alkanes) is 2. The number of benzene rings is 2. The summed E-state index contributed by atoms with van der Waals surface area (Å²) in [7, 11) is 0.736. The fourth-order valence-electron chi connectivity index (χ4n) is 4.00. The SMILES string of the molecule is COc1ccc(CN(Cc2ccc(OC)cc2)C(=O)CCCCCN2CCCS2(O)O)cc1. The van der Waals surface area contributed by atoms with Crippen LogP contribution in [-0.4, -0.2) is 57.3 Å². The normalized spacial score (nSPS) is 16.4. The molecule has 0 atom stereocenters. The minimum atomic E-state index is -2.54. The van der Waals surface area contributed by atoms with E-state index in [0.717, 1.165) is 54.9 Å². The average molecular weight is 477 g/mol. The molecule has 1 fully saturated rings. The number of hydrogen-bond donors (Lipinski definition) is 2. The predicted octanol–water partition coefficient (Wildman–Crippen LogP) is 5.16. The van der Waals surface area contributed by atoms with Gasteiger partial charge in [0.05, 0.1) is 20.0 Å². The number of nitrogens with zero attached hydrogens (tertiary/aromatic N) is 2. The molecule has 0 saturated carbocycles. The summed E-state index contributed by atoms with van der Waals surface area (Å²) in [5, 5.41) is 0. The van der Waals surface area contributed by atoms with Crippen LogP contribution in [0.4, 0.5) is 0 Å². The highest BCUT2D eigenvalue weighted by Gasteiger charge is 2.27. The second kappa shape index (κ2) is 12.3. The molecule has 2 N–H and O–H groups in total. The molecular formula is C25H36N2O5S. The number of rotatable bonds is 12. The maximum Gasteiger partial charge on any atom is 0.223 e. The van der Waals surface area contributed by atoms with Crippen LogP contribution >= 0.6 is 10.8 Å². The molecular weight excluding hydrogens is 440 g/mol. The lowest BCUT2D eigenvalue weighted by molar-refractivity contribution is -0.132. The standard InChI is InChI=1S/C25H36N2O5S/c1-31-23-12-8-21(9-13-23)19-26(20-22-10-14-24(32-2)15-11-22)25(28)7-4-3-5-16-27-17-6-18-33(27,29)30/h8-15,29-30H,3-7,16-20H2,1-2H3. The van der Waals surface area contributed by atoms with Gasteiger partial charge in [-0.15, -0.1) is 10.8 Å². The van der Waals surface area contributed by atoms with Crippen LogP contribution in [0.3, 0.4) is 0 Å². The Bertz CT molecular complexity index is 824. The van der Waals surface area contributed by atoms with Crippen molar-refractivity contribution in [3.05, 3.63) is 59.7 Å². The van der Waals surface area contributed by atoms with Crippen molar-refractivity contribution in [2.75, 3.05) is 33.1 Å². The third-order valence-corrected chi connectivity index (χ3v) is 7.98. The quantitative estimate of drug-likeness (QED) is 0.412. The molecule has 1 amide bonds. The molecule has 0 radical (unpaired) electrons. The predicted molar refractivity (Wildman–Crippen MR) is 133 cm³/mol. The van der Waals surface area contributed by atoms with Crippen molar-refractivity contribution in [2.45, 2.75) is 45.2 Å². The fraction of sp³-hybridized carbons (Fsp3) is 0.480. The summed E-state index contributed by atoms with van der Waals surface area (Å²) >= 11 is 0. The molecule has 33 heavy (non-hydrogen) atoms. The molecule has 0 spiro atoms. The fourth-order valence-corrected chi connectivity index (χ4v) is 5.62. The molecule has 2 aromatic carbocycles. The summed E-state index contributed by atoms with van der Waals surface area (Å²) in [4.78, 5) is 15.0. The van der Waals surface area contributed by atoms with Gasteiger partial charge in [-0.2, -0.15) is 0 Å². The summed E-state index contributed by atoms with van der Waals surface area (Å²) in [5.41, 5.74) is 2.11. The van der Waals surface area contributed by atoms with Crippen LogP contribution in [0.15, 0.2) is 48.5 Å². The van der Waals surface area contributed by atoms with Crippen LogP contribution in [0.5, 0.6) is 11.5 Å². The van der Waals surface area contributed by atoms with Gasteiger partial charge in [-0.1, -0.05) is 30.7 Å². The molecule has 1 heterocycles. The van der Waals surface area contributed by atoms with Gasteiger partial charge < -0.3 is 14.4 Å². The Morgan fingerprint density at radius 2 is 1.45 bits per heavy atom. The molecule has 0 aliphatic carbocycles. The van der Waals surface area contributed by atoms with Crippen LogP contribution < -0.4 is 9.47 Å². The Morgan fingerprint density at radius 3 is 1.91 bits per heavy atom. The van der Waals surface area contributed by atoms with Crippen LogP contribution in [-0.2, 0) is 17.9 Å². The van der Waals surface area contributed by atoms with E-state index in [1.807, 2.05) is 53.4 Å². The van der Waals surface area contributed by atoms with Gasteiger partial charge in [-0.3, -0.25) is 13.9 Å².